The first kappa shape index (κ1) is 20.7. The van der Waals surface area contributed by atoms with Crippen LogP contribution in [-0.4, -0.2) is 25.1 Å². The van der Waals surface area contributed by atoms with E-state index in [1.54, 1.807) is 37.3 Å². The molecule has 3 aromatic rings. The molecule has 29 heavy (non-hydrogen) atoms. The van der Waals surface area contributed by atoms with E-state index in [0.717, 1.165) is 16.9 Å². The van der Waals surface area contributed by atoms with Crippen LogP contribution in [0.25, 0.3) is 0 Å². The standard InChI is InChI=1S/C20H19N3O4S2/c1-12-7-9-17(10-8-12)29(26,27)23-16-6-4-5-15(11-16)19(25)22-20-21-13(2)18(28-20)14(3)24/h4-11,23H,1-3H3,(H,21,22,25). The minimum Gasteiger partial charge on any atom is -0.298 e. The Morgan fingerprint density at radius 1 is 1.03 bits per heavy atom. The van der Waals surface area contributed by atoms with Gasteiger partial charge >= 0.3 is 0 Å². The summed E-state index contributed by atoms with van der Waals surface area (Å²) in [7, 11) is -3.77. The fraction of sp³-hybridized carbons (Fsp3) is 0.150. The Kier molecular flexibility index (Phi) is 5.81. The van der Waals surface area contributed by atoms with Gasteiger partial charge in [-0.25, -0.2) is 13.4 Å². The minimum atomic E-state index is -3.77. The number of carbonyl (C=O) groups is 2. The van der Waals surface area contributed by atoms with E-state index in [1.807, 2.05) is 6.92 Å². The molecule has 1 aromatic heterocycles. The van der Waals surface area contributed by atoms with Crippen LogP contribution in [0, 0.1) is 13.8 Å². The van der Waals surface area contributed by atoms with E-state index in [2.05, 4.69) is 15.0 Å². The molecule has 0 unspecified atom stereocenters. The number of hydrogen-bond acceptors (Lipinski definition) is 6. The van der Waals surface area contributed by atoms with E-state index in [1.165, 1.54) is 25.1 Å². The highest BCUT2D eigenvalue weighted by atomic mass is 32.2. The molecule has 1 heterocycles. The summed E-state index contributed by atoms with van der Waals surface area (Å²) in [5, 5.41) is 2.95. The van der Waals surface area contributed by atoms with Crippen molar-refractivity contribution >= 4 is 43.9 Å². The molecule has 0 aliphatic heterocycles. The van der Waals surface area contributed by atoms with Crippen molar-refractivity contribution < 1.29 is 18.0 Å². The summed E-state index contributed by atoms with van der Waals surface area (Å²) in [6, 6.07) is 12.6. The average Bonchev–Trinajstić information content (AvgIpc) is 3.02. The smallest absolute Gasteiger partial charge is 0.261 e. The van der Waals surface area contributed by atoms with Crippen LogP contribution in [-0.2, 0) is 10.0 Å². The number of ketones is 1. The Bertz CT molecular complexity index is 1180. The Balaban J connectivity index is 1.78. The zero-order valence-electron chi connectivity index (χ0n) is 16.0. The molecule has 2 N–H and O–H groups in total. The van der Waals surface area contributed by atoms with Gasteiger partial charge in [-0.1, -0.05) is 35.1 Å². The number of aryl methyl sites for hydroxylation is 2. The quantitative estimate of drug-likeness (QED) is 0.576. The number of aromatic nitrogens is 1. The van der Waals surface area contributed by atoms with Gasteiger partial charge in [0.15, 0.2) is 10.9 Å². The molecule has 0 saturated carbocycles. The first-order valence-electron chi connectivity index (χ1n) is 8.65. The van der Waals surface area contributed by atoms with Gasteiger partial charge in [0.2, 0.25) is 0 Å². The normalized spacial score (nSPS) is 11.1. The van der Waals surface area contributed by atoms with Crippen LogP contribution in [0.3, 0.4) is 0 Å². The van der Waals surface area contributed by atoms with Gasteiger partial charge in [0.1, 0.15) is 0 Å². The third kappa shape index (κ3) is 4.87. The molecule has 2 aromatic carbocycles. The summed E-state index contributed by atoms with van der Waals surface area (Å²) in [5.41, 5.74) is 2.02. The summed E-state index contributed by atoms with van der Waals surface area (Å²) < 4.78 is 27.6. The van der Waals surface area contributed by atoms with Crippen LogP contribution in [0.4, 0.5) is 10.8 Å². The van der Waals surface area contributed by atoms with Crippen LogP contribution >= 0.6 is 11.3 Å². The SMILES string of the molecule is CC(=O)c1sc(NC(=O)c2cccc(NS(=O)(=O)c3ccc(C)cc3)c2)nc1C. The van der Waals surface area contributed by atoms with E-state index < -0.39 is 15.9 Å². The van der Waals surface area contributed by atoms with E-state index in [-0.39, 0.29) is 21.9 Å². The minimum absolute atomic E-state index is 0.118. The van der Waals surface area contributed by atoms with E-state index >= 15 is 0 Å². The van der Waals surface area contributed by atoms with Gasteiger partial charge in [-0.3, -0.25) is 19.6 Å². The topological polar surface area (TPSA) is 105 Å². The number of sulfonamides is 1. The summed E-state index contributed by atoms with van der Waals surface area (Å²) >= 11 is 1.10. The van der Waals surface area contributed by atoms with Crippen molar-refractivity contribution in [3.63, 3.8) is 0 Å². The third-order valence-electron chi connectivity index (χ3n) is 4.05. The molecule has 0 radical (unpaired) electrons. The maximum absolute atomic E-state index is 12.5. The van der Waals surface area contributed by atoms with E-state index in [4.69, 9.17) is 0 Å². The lowest BCUT2D eigenvalue weighted by Crippen LogP contribution is -2.15. The molecule has 7 nitrogen and oxygen atoms in total. The van der Waals surface area contributed by atoms with Gasteiger partial charge in [0, 0.05) is 18.2 Å². The predicted molar refractivity (Wildman–Crippen MR) is 113 cm³/mol. The molecule has 0 spiro atoms. The lowest BCUT2D eigenvalue weighted by Gasteiger charge is -2.10. The van der Waals surface area contributed by atoms with E-state index in [9.17, 15) is 18.0 Å². The first-order valence-corrected chi connectivity index (χ1v) is 10.9. The monoisotopic (exact) mass is 429 g/mol. The second-order valence-corrected chi connectivity index (χ2v) is 9.12. The molecule has 0 aliphatic rings. The Morgan fingerprint density at radius 2 is 1.72 bits per heavy atom. The number of anilines is 2. The Morgan fingerprint density at radius 3 is 2.34 bits per heavy atom. The van der Waals surface area contributed by atoms with Crippen LogP contribution in [0.1, 0.15) is 38.2 Å². The number of Topliss-reactive ketones (excluding diaryl/α,β-unsaturated/α-hetero) is 1. The fourth-order valence-corrected chi connectivity index (χ4v) is 4.51. The van der Waals surface area contributed by atoms with Crippen molar-refractivity contribution in [2.45, 2.75) is 25.7 Å². The number of nitrogens with one attached hydrogen (secondary N) is 2. The molecule has 9 heteroatoms. The molecule has 0 atom stereocenters. The summed E-state index contributed by atoms with van der Waals surface area (Å²) in [6.07, 6.45) is 0. The largest absolute Gasteiger partial charge is 0.298 e. The molecule has 150 valence electrons. The molecular weight excluding hydrogens is 410 g/mol. The maximum Gasteiger partial charge on any atom is 0.261 e. The van der Waals surface area contributed by atoms with Crippen molar-refractivity contribution in [1.29, 1.82) is 0 Å². The number of rotatable bonds is 6. The van der Waals surface area contributed by atoms with Gasteiger partial charge in [0.25, 0.3) is 15.9 Å². The Labute approximate surface area is 172 Å². The summed E-state index contributed by atoms with van der Waals surface area (Å²) in [4.78, 5) is 28.9. The van der Waals surface area contributed by atoms with Crippen LogP contribution in [0.2, 0.25) is 0 Å². The second kappa shape index (κ2) is 8.14. The summed E-state index contributed by atoms with van der Waals surface area (Å²) in [5.74, 6) is -0.571. The fourth-order valence-electron chi connectivity index (χ4n) is 2.60. The number of thiazole rings is 1. The van der Waals surface area contributed by atoms with Crippen molar-refractivity contribution in [1.82, 2.24) is 4.98 Å². The highest BCUT2D eigenvalue weighted by Crippen LogP contribution is 2.24. The molecule has 1 amide bonds. The predicted octanol–water partition coefficient (Wildman–Crippen LogP) is 4.02. The van der Waals surface area contributed by atoms with Gasteiger partial charge < -0.3 is 0 Å². The number of carbonyl (C=O) groups excluding carboxylic acids is 2. The van der Waals surface area contributed by atoms with Crippen LogP contribution in [0.5, 0.6) is 0 Å². The zero-order valence-corrected chi connectivity index (χ0v) is 17.6. The number of amides is 1. The van der Waals surface area contributed by atoms with Gasteiger partial charge in [-0.15, -0.1) is 0 Å². The molecule has 3 rings (SSSR count). The number of hydrogen-bond donors (Lipinski definition) is 2. The van der Waals surface area contributed by atoms with Crippen molar-refractivity contribution in [2.75, 3.05) is 10.0 Å². The number of benzene rings is 2. The van der Waals surface area contributed by atoms with Crippen LogP contribution < -0.4 is 10.0 Å². The maximum atomic E-state index is 12.5. The molecule has 0 fully saturated rings. The number of nitrogens with zero attached hydrogens (tertiary/aromatic N) is 1. The molecule has 0 saturated heterocycles. The molecule has 0 aliphatic carbocycles. The van der Waals surface area contributed by atoms with E-state index in [0.29, 0.717) is 15.7 Å². The average molecular weight is 430 g/mol. The lowest BCUT2D eigenvalue weighted by atomic mass is 10.2. The second-order valence-electron chi connectivity index (χ2n) is 6.44. The van der Waals surface area contributed by atoms with Crippen molar-refractivity contribution in [3.8, 4) is 0 Å². The highest BCUT2D eigenvalue weighted by Gasteiger charge is 2.17. The first-order chi connectivity index (χ1) is 13.7. The molecular formula is C20H19N3O4S2. The highest BCUT2D eigenvalue weighted by molar-refractivity contribution is 7.92. The van der Waals surface area contributed by atoms with Crippen molar-refractivity contribution in [3.05, 3.63) is 70.2 Å². The van der Waals surface area contributed by atoms with Crippen LogP contribution in [0.15, 0.2) is 53.4 Å². The van der Waals surface area contributed by atoms with Gasteiger partial charge in [-0.2, -0.15) is 0 Å². The lowest BCUT2D eigenvalue weighted by molar-refractivity contribution is 0.101. The Hall–Kier alpha value is -3.04. The summed E-state index contributed by atoms with van der Waals surface area (Å²) in [6.45, 7) is 5.01. The third-order valence-corrected chi connectivity index (χ3v) is 6.62. The van der Waals surface area contributed by atoms with Gasteiger partial charge in [0.05, 0.1) is 15.5 Å². The molecule has 0 bridgehead atoms. The van der Waals surface area contributed by atoms with Crippen molar-refractivity contribution in [2.24, 2.45) is 0 Å². The van der Waals surface area contributed by atoms with Gasteiger partial charge in [-0.05, 0) is 44.2 Å². The zero-order chi connectivity index (χ0) is 21.2.